The van der Waals surface area contributed by atoms with E-state index >= 15 is 0 Å². The molecule has 2 aliphatic rings. The molecule has 42 heavy (non-hydrogen) atoms. The molecular weight excluding hydrogens is 520 g/mol. The lowest BCUT2D eigenvalue weighted by molar-refractivity contribution is 0.967. The Morgan fingerprint density at radius 2 is 0.929 bits per heavy atom. The predicted molar refractivity (Wildman–Crippen MR) is 165 cm³/mol. The minimum absolute atomic E-state index is 0.607. The number of aromatic amines is 1. The highest BCUT2D eigenvalue weighted by Crippen LogP contribution is 2.37. The maximum atomic E-state index is 5.15. The third-order valence-corrected chi connectivity index (χ3v) is 8.15. The molecule has 0 atom stereocenters. The molecule has 0 spiro atoms. The minimum Gasteiger partial charge on any atom is -0.324 e. The van der Waals surface area contributed by atoms with Gasteiger partial charge in [-0.25, -0.2) is 29.9 Å². The molecule has 3 aromatic heterocycles. The zero-order valence-electron chi connectivity index (χ0n) is 22.8. The van der Waals surface area contributed by atoms with Gasteiger partial charge < -0.3 is 9.55 Å². The molecule has 0 saturated heterocycles. The maximum absolute atomic E-state index is 5.15. The number of fused-ring (bicyclic) bond motifs is 20. The fourth-order valence-corrected chi connectivity index (χ4v) is 6.14. The molecule has 0 saturated carbocycles. The van der Waals surface area contributed by atoms with E-state index in [1.165, 1.54) is 0 Å². The number of aryl methyl sites for hydroxylation is 2. The Morgan fingerprint density at radius 1 is 0.476 bits per heavy atom. The van der Waals surface area contributed by atoms with Crippen molar-refractivity contribution in [2.24, 2.45) is 7.05 Å². The van der Waals surface area contributed by atoms with Crippen molar-refractivity contribution >= 4 is 44.1 Å². The van der Waals surface area contributed by atoms with Crippen LogP contribution in [0.3, 0.4) is 0 Å². The van der Waals surface area contributed by atoms with Crippen LogP contribution < -0.4 is 0 Å². The van der Waals surface area contributed by atoms with Gasteiger partial charge in [-0.05, 0) is 12.5 Å². The Hall–Kier alpha value is -5.76. The minimum atomic E-state index is 0.607. The van der Waals surface area contributed by atoms with Crippen LogP contribution >= 0.6 is 0 Å². The summed E-state index contributed by atoms with van der Waals surface area (Å²) in [4.78, 5) is 33.9. The SMILES string of the molecule is Cc1cccc2c3nc4nc(nc5c6ccccc6c(nc6nc(nc([nH]3)c12)-c1ccccc1-6)n5C)-c1ccccc1-4. The highest BCUT2D eigenvalue weighted by atomic mass is 15.1. The lowest BCUT2D eigenvalue weighted by Crippen LogP contribution is -1.92. The summed E-state index contributed by atoms with van der Waals surface area (Å²) in [5.74, 6) is 2.45. The van der Waals surface area contributed by atoms with E-state index in [2.05, 4.69) is 36.2 Å². The van der Waals surface area contributed by atoms with Crippen LogP contribution in [0.25, 0.3) is 89.7 Å². The number of nitrogens with zero attached hydrogens (tertiary/aromatic N) is 7. The topological polar surface area (TPSA) is 98.1 Å². The number of H-pyrrole nitrogens is 1. The highest BCUT2D eigenvalue weighted by molar-refractivity contribution is 6.07. The maximum Gasteiger partial charge on any atom is 0.164 e. The Bertz CT molecular complexity index is 2450. The van der Waals surface area contributed by atoms with Crippen molar-refractivity contribution < 1.29 is 0 Å². The fraction of sp³-hybridized carbons (Fsp3) is 0.0588. The molecule has 8 bridgehead atoms. The van der Waals surface area contributed by atoms with E-state index in [9.17, 15) is 0 Å². The summed E-state index contributed by atoms with van der Waals surface area (Å²) in [5.41, 5.74) is 7.80. The summed E-state index contributed by atoms with van der Waals surface area (Å²) < 4.78 is 2.02. The van der Waals surface area contributed by atoms with Crippen molar-refractivity contribution in [3.05, 3.63) is 96.6 Å². The number of hydrogen-bond acceptors (Lipinski definition) is 6. The van der Waals surface area contributed by atoms with E-state index in [1.54, 1.807) is 0 Å². The summed E-state index contributed by atoms with van der Waals surface area (Å²) in [6.45, 7) is 2.09. The number of rotatable bonds is 0. The average Bonchev–Trinajstić information content (AvgIpc) is 3.72. The second kappa shape index (κ2) is 8.37. The monoisotopic (exact) mass is 542 g/mol. The molecular formula is C34H22N8. The molecule has 7 aromatic rings. The van der Waals surface area contributed by atoms with Gasteiger partial charge in [0.15, 0.2) is 23.3 Å². The summed E-state index contributed by atoms with van der Waals surface area (Å²) in [7, 11) is 1.99. The van der Waals surface area contributed by atoms with Gasteiger partial charge in [-0.15, -0.1) is 0 Å². The summed E-state index contributed by atoms with van der Waals surface area (Å²) in [6, 6.07) is 30.6. The normalized spacial score (nSPS) is 12.0. The van der Waals surface area contributed by atoms with E-state index in [1.807, 2.05) is 78.3 Å². The van der Waals surface area contributed by atoms with Crippen LogP contribution in [-0.2, 0) is 7.05 Å². The van der Waals surface area contributed by atoms with Crippen molar-refractivity contribution in [1.29, 1.82) is 0 Å². The van der Waals surface area contributed by atoms with Crippen LogP contribution in [0, 0.1) is 6.92 Å². The Labute approximate surface area is 239 Å². The average molecular weight is 543 g/mol. The van der Waals surface area contributed by atoms with Crippen LogP contribution in [0.5, 0.6) is 0 Å². The second-order valence-electron chi connectivity index (χ2n) is 10.6. The molecule has 0 radical (unpaired) electrons. The van der Waals surface area contributed by atoms with Gasteiger partial charge in [0.05, 0.1) is 0 Å². The van der Waals surface area contributed by atoms with Gasteiger partial charge in [0, 0.05) is 50.8 Å². The van der Waals surface area contributed by atoms with Crippen molar-refractivity contribution in [2.75, 3.05) is 0 Å². The van der Waals surface area contributed by atoms with Gasteiger partial charge in [0.2, 0.25) is 0 Å². The quantitative estimate of drug-likeness (QED) is 0.218. The third kappa shape index (κ3) is 3.17. The largest absolute Gasteiger partial charge is 0.324 e. The van der Waals surface area contributed by atoms with Gasteiger partial charge >= 0.3 is 0 Å². The van der Waals surface area contributed by atoms with Crippen molar-refractivity contribution in [3.8, 4) is 45.6 Å². The van der Waals surface area contributed by atoms with E-state index in [0.717, 1.165) is 60.7 Å². The third-order valence-electron chi connectivity index (χ3n) is 8.15. The second-order valence-corrected chi connectivity index (χ2v) is 10.6. The Kier molecular flexibility index (Phi) is 4.58. The lowest BCUT2D eigenvalue weighted by Gasteiger charge is -1.98. The Morgan fingerprint density at radius 3 is 1.48 bits per heavy atom. The molecule has 8 heteroatoms. The van der Waals surface area contributed by atoms with E-state index in [0.29, 0.717) is 34.6 Å². The molecule has 198 valence electrons. The first kappa shape index (κ1) is 23.0. The molecule has 4 aromatic carbocycles. The van der Waals surface area contributed by atoms with Crippen LogP contribution in [0.15, 0.2) is 91.0 Å². The molecule has 0 aliphatic carbocycles. The molecule has 5 heterocycles. The van der Waals surface area contributed by atoms with Gasteiger partial charge in [0.1, 0.15) is 22.6 Å². The van der Waals surface area contributed by atoms with Gasteiger partial charge in [-0.3, -0.25) is 0 Å². The molecule has 9 rings (SSSR count). The van der Waals surface area contributed by atoms with Crippen molar-refractivity contribution in [2.45, 2.75) is 6.92 Å². The first-order valence-electron chi connectivity index (χ1n) is 13.8. The fourth-order valence-electron chi connectivity index (χ4n) is 6.14. The molecule has 0 fully saturated rings. The first-order valence-corrected chi connectivity index (χ1v) is 13.8. The molecule has 0 unspecified atom stereocenters. The number of hydrogen-bond donors (Lipinski definition) is 1. The predicted octanol–water partition coefficient (Wildman–Crippen LogP) is 7.19. The molecule has 0 amide bonds. The van der Waals surface area contributed by atoms with Crippen LogP contribution in [0.1, 0.15) is 5.56 Å². The van der Waals surface area contributed by atoms with E-state index in [4.69, 9.17) is 29.9 Å². The first-order chi connectivity index (χ1) is 20.6. The van der Waals surface area contributed by atoms with Crippen LogP contribution in [0.4, 0.5) is 0 Å². The summed E-state index contributed by atoms with van der Waals surface area (Å²) in [6.07, 6.45) is 0. The number of nitrogens with one attached hydrogen (secondary N) is 1. The zero-order chi connectivity index (χ0) is 27.9. The van der Waals surface area contributed by atoms with E-state index < -0.39 is 0 Å². The summed E-state index contributed by atoms with van der Waals surface area (Å²) in [5, 5.41) is 3.96. The summed E-state index contributed by atoms with van der Waals surface area (Å²) >= 11 is 0. The van der Waals surface area contributed by atoms with Gasteiger partial charge in [-0.2, -0.15) is 0 Å². The van der Waals surface area contributed by atoms with Crippen LogP contribution in [-0.4, -0.2) is 39.5 Å². The lowest BCUT2D eigenvalue weighted by atomic mass is 10.1. The van der Waals surface area contributed by atoms with Gasteiger partial charge in [0.25, 0.3) is 0 Å². The molecule has 8 nitrogen and oxygen atoms in total. The Balaban J connectivity index is 1.54. The van der Waals surface area contributed by atoms with E-state index in [-0.39, 0.29) is 0 Å². The molecule has 2 aliphatic heterocycles. The molecule has 1 N–H and O–H groups in total. The van der Waals surface area contributed by atoms with Crippen molar-refractivity contribution in [1.82, 2.24) is 39.5 Å². The number of aromatic nitrogens is 8. The number of benzene rings is 4. The van der Waals surface area contributed by atoms with Gasteiger partial charge in [-0.1, -0.05) is 91.0 Å². The standard InChI is InChI=1S/C34H22N8/c1-18-10-9-17-25-26(18)32-38-28-20-12-4-6-14-22(20)30(36-28)41-34-24-16-8-7-15-23(24)33(42(34)2)40-29-21-13-5-3-11-19(21)27(35-29)37-31(25)39-32/h3-17H,1-2H3,(H,35,36,37,38,39,40,41). The van der Waals surface area contributed by atoms with Crippen molar-refractivity contribution in [3.63, 3.8) is 0 Å². The zero-order valence-corrected chi connectivity index (χ0v) is 22.8. The van der Waals surface area contributed by atoms with Crippen LogP contribution in [0.2, 0.25) is 0 Å². The highest BCUT2D eigenvalue weighted by Gasteiger charge is 2.22. The smallest absolute Gasteiger partial charge is 0.164 e.